The molecule has 0 spiro atoms. The Kier molecular flexibility index (Phi) is 5.07. The maximum absolute atomic E-state index is 14.0. The first-order valence-electron chi connectivity index (χ1n) is 9.50. The van der Waals surface area contributed by atoms with Crippen molar-refractivity contribution in [3.8, 4) is 0 Å². The number of rotatable bonds is 3. The highest BCUT2D eigenvalue weighted by atomic mass is 19.1. The van der Waals surface area contributed by atoms with E-state index in [9.17, 15) is 4.39 Å². The highest BCUT2D eigenvalue weighted by molar-refractivity contribution is 5.49. The Hall–Kier alpha value is -2.48. The number of aromatic nitrogens is 3. The van der Waals surface area contributed by atoms with Crippen molar-refractivity contribution in [3.05, 3.63) is 35.9 Å². The Balaban J connectivity index is 1.46. The Bertz CT molecular complexity index is 783. The van der Waals surface area contributed by atoms with Crippen molar-refractivity contribution in [3.63, 3.8) is 0 Å². The molecule has 4 rings (SSSR count). The molecule has 2 aliphatic rings. The van der Waals surface area contributed by atoms with E-state index in [1.54, 1.807) is 12.3 Å². The molecule has 0 N–H and O–H groups in total. The van der Waals surface area contributed by atoms with Gasteiger partial charge >= 0.3 is 0 Å². The van der Waals surface area contributed by atoms with Crippen LogP contribution in [0.2, 0.25) is 0 Å². The van der Waals surface area contributed by atoms with E-state index in [0.717, 1.165) is 69.8 Å². The van der Waals surface area contributed by atoms with E-state index >= 15 is 0 Å². The number of pyridine rings is 1. The van der Waals surface area contributed by atoms with E-state index in [-0.39, 0.29) is 5.82 Å². The van der Waals surface area contributed by atoms with Gasteiger partial charge in [-0.25, -0.2) is 14.4 Å². The number of aryl methyl sites for hydroxylation is 1. The molecule has 0 aliphatic carbocycles. The first-order chi connectivity index (χ1) is 13.1. The number of likely N-dealkylation sites (N-methyl/N-ethyl adjacent to an activating group) is 1. The van der Waals surface area contributed by atoms with Gasteiger partial charge in [0.05, 0.1) is 0 Å². The van der Waals surface area contributed by atoms with Gasteiger partial charge < -0.3 is 19.6 Å². The molecule has 2 aromatic rings. The SMILES string of the molecule is Cc1cc(N2CCN(c3ncccc3F)CC2)nc(N2CCN(C)CC2)n1. The van der Waals surface area contributed by atoms with Crippen molar-refractivity contribution in [2.24, 2.45) is 0 Å². The summed E-state index contributed by atoms with van der Waals surface area (Å²) in [6.45, 7) is 9.00. The summed E-state index contributed by atoms with van der Waals surface area (Å²) in [5, 5.41) is 0. The largest absolute Gasteiger partial charge is 0.353 e. The van der Waals surface area contributed by atoms with Crippen LogP contribution in [0.3, 0.4) is 0 Å². The topological polar surface area (TPSA) is 51.6 Å². The minimum atomic E-state index is -0.263. The fourth-order valence-electron chi connectivity index (χ4n) is 3.60. The summed E-state index contributed by atoms with van der Waals surface area (Å²) in [4.78, 5) is 22.5. The van der Waals surface area contributed by atoms with Gasteiger partial charge in [-0.2, -0.15) is 4.98 Å². The molecule has 2 aromatic heterocycles. The Morgan fingerprint density at radius 1 is 0.889 bits per heavy atom. The van der Waals surface area contributed by atoms with Crippen LogP contribution in [0.25, 0.3) is 0 Å². The van der Waals surface area contributed by atoms with Crippen LogP contribution in [0.4, 0.5) is 22.0 Å². The molecule has 2 aliphatic heterocycles. The van der Waals surface area contributed by atoms with Crippen LogP contribution in [0.15, 0.2) is 24.4 Å². The van der Waals surface area contributed by atoms with E-state index in [4.69, 9.17) is 4.98 Å². The molecule has 0 bridgehead atoms. The second-order valence-corrected chi connectivity index (χ2v) is 7.24. The highest BCUT2D eigenvalue weighted by Crippen LogP contribution is 2.22. The number of piperazine rings is 2. The van der Waals surface area contributed by atoms with Crippen molar-refractivity contribution < 1.29 is 4.39 Å². The standard InChI is InChI=1S/C19H26FN7/c1-15-14-17(23-19(22-15)27-8-6-24(2)7-9-27)25-10-12-26(13-11-25)18-16(20)4-3-5-21-18/h3-5,14H,6-13H2,1-2H3. The molecular formula is C19H26FN7. The van der Waals surface area contributed by atoms with Crippen molar-refractivity contribution in [2.45, 2.75) is 6.92 Å². The number of nitrogens with zero attached hydrogens (tertiary/aromatic N) is 7. The third-order valence-corrected chi connectivity index (χ3v) is 5.26. The molecule has 2 fully saturated rings. The molecule has 0 saturated carbocycles. The molecule has 0 unspecified atom stereocenters. The third-order valence-electron chi connectivity index (χ3n) is 5.26. The van der Waals surface area contributed by atoms with Gasteiger partial charge in [0, 0.05) is 70.3 Å². The average Bonchev–Trinajstić information content (AvgIpc) is 2.69. The van der Waals surface area contributed by atoms with Crippen LogP contribution in [0.1, 0.15) is 5.69 Å². The molecule has 0 aromatic carbocycles. The maximum atomic E-state index is 14.0. The van der Waals surface area contributed by atoms with E-state index < -0.39 is 0 Å². The zero-order valence-corrected chi connectivity index (χ0v) is 16.0. The van der Waals surface area contributed by atoms with Crippen molar-refractivity contribution >= 4 is 17.6 Å². The lowest BCUT2D eigenvalue weighted by atomic mass is 10.3. The first kappa shape index (κ1) is 17.9. The van der Waals surface area contributed by atoms with Gasteiger partial charge in [-0.05, 0) is 26.1 Å². The van der Waals surface area contributed by atoms with Gasteiger partial charge in [0.25, 0.3) is 0 Å². The minimum absolute atomic E-state index is 0.263. The number of hydrogen-bond donors (Lipinski definition) is 0. The average molecular weight is 371 g/mol. The molecule has 8 heteroatoms. The van der Waals surface area contributed by atoms with Gasteiger partial charge in [-0.15, -0.1) is 0 Å². The second-order valence-electron chi connectivity index (χ2n) is 7.24. The molecule has 4 heterocycles. The zero-order valence-electron chi connectivity index (χ0n) is 16.0. The summed E-state index contributed by atoms with van der Waals surface area (Å²) in [6.07, 6.45) is 1.64. The van der Waals surface area contributed by atoms with Crippen LogP contribution < -0.4 is 14.7 Å². The third kappa shape index (κ3) is 3.95. The molecule has 0 atom stereocenters. The molecule has 2 saturated heterocycles. The van der Waals surface area contributed by atoms with Gasteiger partial charge in [0.15, 0.2) is 11.6 Å². The van der Waals surface area contributed by atoms with E-state index in [2.05, 4.69) is 31.7 Å². The van der Waals surface area contributed by atoms with Crippen molar-refractivity contribution in [1.29, 1.82) is 0 Å². The summed E-state index contributed by atoms with van der Waals surface area (Å²) in [7, 11) is 2.14. The predicted octanol–water partition coefficient (Wildman–Crippen LogP) is 1.40. The summed E-state index contributed by atoms with van der Waals surface area (Å²) in [5.74, 6) is 1.95. The number of hydrogen-bond acceptors (Lipinski definition) is 7. The molecule has 7 nitrogen and oxygen atoms in total. The summed E-state index contributed by atoms with van der Waals surface area (Å²) >= 11 is 0. The predicted molar refractivity (Wildman–Crippen MR) is 105 cm³/mol. The normalized spacial score (nSPS) is 18.9. The van der Waals surface area contributed by atoms with Crippen LogP contribution in [-0.2, 0) is 0 Å². The summed E-state index contributed by atoms with van der Waals surface area (Å²) < 4.78 is 14.0. The lowest BCUT2D eigenvalue weighted by Crippen LogP contribution is -2.48. The molecule has 27 heavy (non-hydrogen) atoms. The van der Waals surface area contributed by atoms with E-state index in [1.807, 2.05) is 17.9 Å². The maximum Gasteiger partial charge on any atom is 0.227 e. The fourth-order valence-corrected chi connectivity index (χ4v) is 3.60. The van der Waals surface area contributed by atoms with Crippen LogP contribution in [0.5, 0.6) is 0 Å². The van der Waals surface area contributed by atoms with Crippen molar-refractivity contribution in [2.75, 3.05) is 74.1 Å². The van der Waals surface area contributed by atoms with Gasteiger partial charge in [0.2, 0.25) is 5.95 Å². The molecule has 144 valence electrons. The lowest BCUT2D eigenvalue weighted by Gasteiger charge is -2.37. The van der Waals surface area contributed by atoms with E-state index in [0.29, 0.717) is 5.82 Å². The fraction of sp³-hybridized carbons (Fsp3) is 0.526. The second kappa shape index (κ2) is 7.64. The number of halogens is 1. The van der Waals surface area contributed by atoms with Crippen LogP contribution in [-0.4, -0.2) is 79.3 Å². The smallest absolute Gasteiger partial charge is 0.227 e. The molecule has 0 radical (unpaired) electrons. The summed E-state index contributed by atoms with van der Waals surface area (Å²) in [6, 6.07) is 5.13. The van der Waals surface area contributed by atoms with Gasteiger partial charge in [-0.3, -0.25) is 0 Å². The molecule has 0 amide bonds. The van der Waals surface area contributed by atoms with Crippen LogP contribution in [0, 0.1) is 12.7 Å². The highest BCUT2D eigenvalue weighted by Gasteiger charge is 2.23. The molecular weight excluding hydrogens is 345 g/mol. The van der Waals surface area contributed by atoms with Crippen molar-refractivity contribution in [1.82, 2.24) is 19.9 Å². The lowest BCUT2D eigenvalue weighted by molar-refractivity contribution is 0.311. The zero-order chi connectivity index (χ0) is 18.8. The van der Waals surface area contributed by atoms with Gasteiger partial charge in [-0.1, -0.05) is 0 Å². The van der Waals surface area contributed by atoms with Gasteiger partial charge in [0.1, 0.15) is 5.82 Å². The van der Waals surface area contributed by atoms with E-state index in [1.165, 1.54) is 6.07 Å². The van der Waals surface area contributed by atoms with Crippen LogP contribution >= 0.6 is 0 Å². The summed E-state index contributed by atoms with van der Waals surface area (Å²) in [5.41, 5.74) is 0.979. The first-order valence-corrected chi connectivity index (χ1v) is 9.50. The quantitative estimate of drug-likeness (QED) is 0.808. The Morgan fingerprint density at radius 3 is 2.26 bits per heavy atom. The Morgan fingerprint density at radius 2 is 1.56 bits per heavy atom. The monoisotopic (exact) mass is 371 g/mol. The minimum Gasteiger partial charge on any atom is -0.353 e. The number of anilines is 3. The Labute approximate surface area is 159 Å².